The predicted octanol–water partition coefficient (Wildman–Crippen LogP) is 24.3. The van der Waals surface area contributed by atoms with Gasteiger partial charge in [-0.1, -0.05) is 296 Å². The molecular weight excluding hydrogens is 1020 g/mol. The van der Waals surface area contributed by atoms with E-state index in [4.69, 9.17) is 14.2 Å². The zero-order chi connectivity index (χ0) is 59.9. The van der Waals surface area contributed by atoms with Crippen molar-refractivity contribution < 1.29 is 28.6 Å². The molecule has 83 heavy (non-hydrogen) atoms. The Bertz CT molecular complexity index is 1700. The fraction of sp³-hybridized carbons (Fsp3) is 0.701. The molecule has 0 N–H and O–H groups in total. The van der Waals surface area contributed by atoms with Crippen LogP contribution in [-0.2, 0) is 28.6 Å². The second-order valence-corrected chi connectivity index (χ2v) is 23.1. The van der Waals surface area contributed by atoms with Crippen LogP contribution in [0.15, 0.2) is 122 Å². The fourth-order valence-electron chi connectivity index (χ4n) is 9.68. The van der Waals surface area contributed by atoms with Gasteiger partial charge < -0.3 is 14.2 Å². The largest absolute Gasteiger partial charge is 0.462 e. The molecule has 0 saturated carbocycles. The summed E-state index contributed by atoms with van der Waals surface area (Å²) in [5, 5.41) is 0. The van der Waals surface area contributed by atoms with Gasteiger partial charge in [-0.05, 0) is 135 Å². The molecule has 6 heteroatoms. The van der Waals surface area contributed by atoms with Gasteiger partial charge in [-0.25, -0.2) is 0 Å². The third-order valence-electron chi connectivity index (χ3n) is 14.9. The van der Waals surface area contributed by atoms with E-state index in [1.165, 1.54) is 154 Å². The van der Waals surface area contributed by atoms with Gasteiger partial charge >= 0.3 is 17.9 Å². The summed E-state index contributed by atoms with van der Waals surface area (Å²) in [7, 11) is 0. The van der Waals surface area contributed by atoms with Gasteiger partial charge in [0.1, 0.15) is 13.2 Å². The SMILES string of the molecule is CC/C=C\C/C=C\C/C=C\C/C=C\C/C=C\C/C=C\CCCCCCCCCCCCCCC(=O)OCC(COC(=O)CCCCCCC/C=C\C/C=C\CCCCCC)OC(=O)CCCCCCCCC/C=C\C/C=C\CCCCCC. The Morgan fingerprint density at radius 1 is 0.253 bits per heavy atom. The summed E-state index contributed by atoms with van der Waals surface area (Å²) in [4.78, 5) is 38.4. The molecule has 0 radical (unpaired) electrons. The van der Waals surface area contributed by atoms with E-state index in [1.807, 2.05) is 0 Å². The molecule has 0 aliphatic heterocycles. The molecule has 0 rings (SSSR count). The molecule has 6 nitrogen and oxygen atoms in total. The highest BCUT2D eigenvalue weighted by Gasteiger charge is 2.19. The average molecular weight is 1150 g/mol. The smallest absolute Gasteiger partial charge is 0.306 e. The topological polar surface area (TPSA) is 78.9 Å². The standard InChI is InChI=1S/C77H130O6/c1-4-7-10-13-16-19-22-25-28-31-33-34-35-36-37-38-39-40-41-42-43-44-45-47-49-52-55-58-61-64-67-70-76(79)82-73-74(72-81-75(78)69-66-63-60-57-54-51-48-30-27-24-21-18-15-12-9-6-3)83-77(80)71-68-65-62-59-56-53-50-46-32-29-26-23-20-17-14-11-8-5-2/h7,10,16,19-21,23-25,28-30,32-34,36-37,39-40,48,74H,4-6,8-9,11-15,17-18,22,26-27,31,35,38,41-47,49-73H2,1-3H3/b10-7-,19-16-,23-20-,24-21-,28-25-,32-29-,34-33-,37-36-,40-39-,48-30-. The zero-order valence-electron chi connectivity index (χ0n) is 54.4. The molecule has 0 heterocycles. The zero-order valence-corrected chi connectivity index (χ0v) is 54.4. The first-order valence-corrected chi connectivity index (χ1v) is 35.0. The van der Waals surface area contributed by atoms with Gasteiger partial charge in [0.2, 0.25) is 0 Å². The second kappa shape index (κ2) is 70.3. The first kappa shape index (κ1) is 78.8. The molecule has 0 saturated heterocycles. The van der Waals surface area contributed by atoms with Gasteiger partial charge in [0.15, 0.2) is 6.10 Å². The van der Waals surface area contributed by atoms with Gasteiger partial charge in [0.25, 0.3) is 0 Å². The molecule has 0 aromatic heterocycles. The Balaban J connectivity index is 4.32. The summed E-state index contributed by atoms with van der Waals surface area (Å²) in [5.74, 6) is -0.900. The molecule has 0 bridgehead atoms. The molecule has 0 aliphatic rings. The predicted molar refractivity (Wildman–Crippen MR) is 362 cm³/mol. The Morgan fingerprint density at radius 2 is 0.470 bits per heavy atom. The van der Waals surface area contributed by atoms with Crippen molar-refractivity contribution in [2.45, 2.75) is 335 Å². The monoisotopic (exact) mass is 1150 g/mol. The van der Waals surface area contributed by atoms with E-state index in [-0.39, 0.29) is 31.1 Å². The van der Waals surface area contributed by atoms with Crippen LogP contribution < -0.4 is 0 Å². The van der Waals surface area contributed by atoms with E-state index >= 15 is 0 Å². The van der Waals surface area contributed by atoms with Crippen molar-refractivity contribution >= 4 is 17.9 Å². The van der Waals surface area contributed by atoms with Crippen LogP contribution in [0, 0.1) is 0 Å². The van der Waals surface area contributed by atoms with Crippen molar-refractivity contribution in [3.63, 3.8) is 0 Å². The number of hydrogen-bond acceptors (Lipinski definition) is 6. The van der Waals surface area contributed by atoms with E-state index in [1.54, 1.807) is 0 Å². The molecule has 1 unspecified atom stereocenters. The van der Waals surface area contributed by atoms with E-state index in [0.29, 0.717) is 19.3 Å². The van der Waals surface area contributed by atoms with Crippen LogP contribution in [-0.4, -0.2) is 37.2 Å². The molecule has 474 valence electrons. The van der Waals surface area contributed by atoms with Gasteiger partial charge in [0, 0.05) is 19.3 Å². The first-order chi connectivity index (χ1) is 41.0. The molecule has 1 atom stereocenters. The number of esters is 3. The third-order valence-corrected chi connectivity index (χ3v) is 14.9. The summed E-state index contributed by atoms with van der Waals surface area (Å²) in [5.41, 5.74) is 0. The number of unbranched alkanes of at least 4 members (excludes halogenated alkanes) is 32. The highest BCUT2D eigenvalue weighted by atomic mass is 16.6. The van der Waals surface area contributed by atoms with Crippen LogP contribution in [0.1, 0.15) is 329 Å². The Kier molecular flexibility index (Phi) is 66.7. The van der Waals surface area contributed by atoms with Crippen LogP contribution in [0.5, 0.6) is 0 Å². The van der Waals surface area contributed by atoms with E-state index in [9.17, 15) is 14.4 Å². The lowest BCUT2D eigenvalue weighted by Gasteiger charge is -2.18. The quantitative estimate of drug-likeness (QED) is 0.0261. The molecule has 0 spiro atoms. The summed E-state index contributed by atoms with van der Waals surface area (Å²) in [6.07, 6.45) is 97.8. The van der Waals surface area contributed by atoms with Crippen molar-refractivity contribution in [3.8, 4) is 0 Å². The van der Waals surface area contributed by atoms with Crippen molar-refractivity contribution in [1.82, 2.24) is 0 Å². The lowest BCUT2D eigenvalue weighted by molar-refractivity contribution is -0.167. The Labute approximate surface area is 513 Å². The normalized spacial score (nSPS) is 12.9. The van der Waals surface area contributed by atoms with E-state index in [2.05, 4.69) is 142 Å². The minimum absolute atomic E-state index is 0.0872. The number of ether oxygens (including phenoxy) is 3. The van der Waals surface area contributed by atoms with Crippen molar-refractivity contribution in [2.75, 3.05) is 13.2 Å². The van der Waals surface area contributed by atoms with Crippen LogP contribution in [0.3, 0.4) is 0 Å². The van der Waals surface area contributed by atoms with E-state index in [0.717, 1.165) is 135 Å². The summed E-state index contributed by atoms with van der Waals surface area (Å²) >= 11 is 0. The fourth-order valence-corrected chi connectivity index (χ4v) is 9.68. The van der Waals surface area contributed by atoms with E-state index < -0.39 is 6.10 Å². The van der Waals surface area contributed by atoms with Gasteiger partial charge in [-0.15, -0.1) is 0 Å². The van der Waals surface area contributed by atoms with Crippen molar-refractivity contribution in [3.05, 3.63) is 122 Å². The number of carbonyl (C=O) groups excluding carboxylic acids is 3. The lowest BCUT2D eigenvalue weighted by atomic mass is 10.0. The summed E-state index contributed by atoms with van der Waals surface area (Å²) in [6.45, 7) is 6.50. The van der Waals surface area contributed by atoms with Crippen LogP contribution in [0.4, 0.5) is 0 Å². The van der Waals surface area contributed by atoms with Gasteiger partial charge in [-0.2, -0.15) is 0 Å². The first-order valence-electron chi connectivity index (χ1n) is 35.0. The molecule has 0 fully saturated rings. The van der Waals surface area contributed by atoms with Crippen LogP contribution in [0.25, 0.3) is 0 Å². The average Bonchev–Trinajstić information content (AvgIpc) is 3.49. The minimum Gasteiger partial charge on any atom is -0.462 e. The lowest BCUT2D eigenvalue weighted by Crippen LogP contribution is -2.30. The number of carbonyl (C=O) groups is 3. The Morgan fingerprint density at radius 3 is 0.735 bits per heavy atom. The van der Waals surface area contributed by atoms with Crippen LogP contribution >= 0.6 is 0 Å². The Hall–Kier alpha value is -4.19. The second-order valence-electron chi connectivity index (χ2n) is 23.1. The molecule has 0 aromatic rings. The maximum absolute atomic E-state index is 12.9. The van der Waals surface area contributed by atoms with Crippen molar-refractivity contribution in [1.29, 1.82) is 0 Å². The molecular formula is C77H130O6. The summed E-state index contributed by atoms with van der Waals surface area (Å²) in [6, 6.07) is 0. The number of hydrogen-bond donors (Lipinski definition) is 0. The number of allylic oxidation sites excluding steroid dienone is 20. The van der Waals surface area contributed by atoms with Crippen molar-refractivity contribution in [2.24, 2.45) is 0 Å². The third kappa shape index (κ3) is 68.5. The number of rotatable bonds is 63. The van der Waals surface area contributed by atoms with Gasteiger partial charge in [-0.3, -0.25) is 14.4 Å². The molecule has 0 aromatic carbocycles. The van der Waals surface area contributed by atoms with Crippen LogP contribution in [0.2, 0.25) is 0 Å². The molecule has 0 aliphatic carbocycles. The minimum atomic E-state index is -0.793. The maximum Gasteiger partial charge on any atom is 0.306 e. The highest BCUT2D eigenvalue weighted by Crippen LogP contribution is 2.16. The summed E-state index contributed by atoms with van der Waals surface area (Å²) < 4.78 is 17.0. The molecule has 0 amide bonds. The van der Waals surface area contributed by atoms with Gasteiger partial charge in [0.05, 0.1) is 0 Å². The maximum atomic E-state index is 12.9. The highest BCUT2D eigenvalue weighted by molar-refractivity contribution is 5.71.